The third-order valence-corrected chi connectivity index (χ3v) is 8.86. The summed E-state index contributed by atoms with van der Waals surface area (Å²) in [5.41, 5.74) is 7.13. The summed E-state index contributed by atoms with van der Waals surface area (Å²) in [6.45, 7) is 5.97. The number of imidazole rings is 1. The topological polar surface area (TPSA) is 17.8 Å². The minimum Gasteiger partial charge on any atom is -0.292 e. The fraction of sp³-hybridized carbons (Fsp3) is 0.0263. The molecule has 0 radical (unpaired) electrons. The average Bonchev–Trinajstić information content (AvgIpc) is 3.61. The van der Waals surface area contributed by atoms with Crippen molar-refractivity contribution in [3.05, 3.63) is 145 Å². The maximum Gasteiger partial charge on any atom is 0.145 e. The first kappa shape index (κ1) is 25.0. The highest BCUT2D eigenvalue weighted by atomic mass is 32.1. The smallest absolute Gasteiger partial charge is 0.145 e. The molecule has 2 nitrogen and oxygen atoms in total. The molecular weight excluding hydrogens is 516 g/mol. The number of hydrogen-bond donors (Lipinski definition) is 0. The SMILES string of the molecule is C=C/C=c1\c(=C/C)nc(-c2ccc(-c3cccc4c3sc3c(-c5ccccc5)cccc34)cc2)n1-c1ccccc1. The van der Waals surface area contributed by atoms with Gasteiger partial charge in [-0.2, -0.15) is 0 Å². The first-order chi connectivity index (χ1) is 20.3. The fourth-order valence-electron chi connectivity index (χ4n) is 5.66. The predicted molar refractivity (Wildman–Crippen MR) is 177 cm³/mol. The zero-order valence-corrected chi connectivity index (χ0v) is 23.6. The Kier molecular flexibility index (Phi) is 6.42. The van der Waals surface area contributed by atoms with Crippen LogP contribution >= 0.6 is 11.3 Å². The van der Waals surface area contributed by atoms with Crippen LogP contribution in [-0.4, -0.2) is 9.55 Å². The van der Waals surface area contributed by atoms with Gasteiger partial charge >= 0.3 is 0 Å². The van der Waals surface area contributed by atoms with E-state index in [1.54, 1.807) is 0 Å². The lowest BCUT2D eigenvalue weighted by molar-refractivity contribution is 1.03. The molecule has 0 aliphatic rings. The molecule has 0 atom stereocenters. The van der Waals surface area contributed by atoms with Crippen molar-refractivity contribution in [3.8, 4) is 39.3 Å². The zero-order valence-electron chi connectivity index (χ0n) is 22.8. The number of allylic oxidation sites excluding steroid dienone is 1. The van der Waals surface area contributed by atoms with Crippen molar-refractivity contribution < 1.29 is 0 Å². The minimum atomic E-state index is 0.913. The van der Waals surface area contributed by atoms with E-state index in [9.17, 15) is 0 Å². The van der Waals surface area contributed by atoms with E-state index in [4.69, 9.17) is 4.98 Å². The van der Waals surface area contributed by atoms with Gasteiger partial charge in [-0.3, -0.25) is 4.57 Å². The molecule has 2 heterocycles. The second kappa shape index (κ2) is 10.5. The van der Waals surface area contributed by atoms with Crippen LogP contribution in [0.25, 0.3) is 71.7 Å². The molecule has 0 saturated heterocycles. The summed E-state index contributed by atoms with van der Waals surface area (Å²) in [6.07, 6.45) is 5.91. The Morgan fingerprint density at radius 1 is 0.634 bits per heavy atom. The van der Waals surface area contributed by atoms with E-state index in [2.05, 4.69) is 132 Å². The number of para-hydroxylation sites is 1. The maximum absolute atomic E-state index is 5.04. The highest BCUT2D eigenvalue weighted by Crippen LogP contribution is 2.43. The first-order valence-corrected chi connectivity index (χ1v) is 14.6. The van der Waals surface area contributed by atoms with Gasteiger partial charge in [0.2, 0.25) is 0 Å². The molecule has 0 aliphatic heterocycles. The van der Waals surface area contributed by atoms with E-state index in [0.29, 0.717) is 0 Å². The lowest BCUT2D eigenvalue weighted by atomic mass is 9.99. The van der Waals surface area contributed by atoms with Crippen LogP contribution in [-0.2, 0) is 0 Å². The van der Waals surface area contributed by atoms with Crippen molar-refractivity contribution in [2.24, 2.45) is 0 Å². The molecule has 7 rings (SSSR count). The number of nitrogens with zero attached hydrogens (tertiary/aromatic N) is 2. The molecule has 196 valence electrons. The molecule has 0 aliphatic carbocycles. The molecule has 2 aromatic heterocycles. The molecule has 3 heteroatoms. The van der Waals surface area contributed by atoms with Crippen LogP contribution in [0.5, 0.6) is 0 Å². The standard InChI is InChI=1S/C38H28N2S/c1-3-13-35-34(4-2)39-38(40(35)29-16-9-6-10-17-29)28-24-22-27(23-25-28)31-19-12-21-33-32-20-11-18-30(36(32)41-37(31)33)26-14-7-5-8-15-26/h3-25H,1H2,2H3/b34-4+,35-13+. The molecule has 0 fully saturated rings. The van der Waals surface area contributed by atoms with Gasteiger partial charge in [0.25, 0.3) is 0 Å². The summed E-state index contributed by atoms with van der Waals surface area (Å²) in [6, 6.07) is 43.2. The predicted octanol–water partition coefficient (Wildman–Crippen LogP) is 9.01. The van der Waals surface area contributed by atoms with Crippen LogP contribution < -0.4 is 10.7 Å². The van der Waals surface area contributed by atoms with Crippen LogP contribution in [0.3, 0.4) is 0 Å². The summed E-state index contributed by atoms with van der Waals surface area (Å²) in [7, 11) is 0. The molecule has 41 heavy (non-hydrogen) atoms. The quantitative estimate of drug-likeness (QED) is 0.211. The maximum atomic E-state index is 5.04. The van der Waals surface area contributed by atoms with Gasteiger partial charge in [0.15, 0.2) is 0 Å². The number of thiophene rings is 1. The van der Waals surface area contributed by atoms with E-state index in [0.717, 1.165) is 27.8 Å². The largest absolute Gasteiger partial charge is 0.292 e. The van der Waals surface area contributed by atoms with Gasteiger partial charge in [-0.15, -0.1) is 11.3 Å². The van der Waals surface area contributed by atoms with Gasteiger partial charge in [-0.05, 0) is 47.4 Å². The highest BCUT2D eigenvalue weighted by molar-refractivity contribution is 7.26. The summed E-state index contributed by atoms with van der Waals surface area (Å²) in [5, 5.41) is 4.58. The minimum absolute atomic E-state index is 0.913. The van der Waals surface area contributed by atoms with Crippen LogP contribution in [0, 0.1) is 0 Å². The number of hydrogen-bond acceptors (Lipinski definition) is 2. The molecule has 0 saturated carbocycles. The molecule has 0 unspecified atom stereocenters. The molecule has 0 N–H and O–H groups in total. The van der Waals surface area contributed by atoms with Crippen LogP contribution in [0.15, 0.2) is 134 Å². The lowest BCUT2D eigenvalue weighted by Crippen LogP contribution is -2.28. The second-order valence-corrected chi connectivity index (χ2v) is 11.0. The third kappa shape index (κ3) is 4.32. The molecular formula is C38H28N2S. The van der Waals surface area contributed by atoms with Crippen LogP contribution in [0.2, 0.25) is 0 Å². The molecule has 5 aromatic carbocycles. The van der Waals surface area contributed by atoms with E-state index in [1.165, 1.54) is 42.4 Å². The van der Waals surface area contributed by atoms with Crippen molar-refractivity contribution in [2.45, 2.75) is 6.92 Å². The normalized spacial score (nSPS) is 12.4. The average molecular weight is 545 g/mol. The first-order valence-electron chi connectivity index (χ1n) is 13.8. The summed E-state index contributed by atoms with van der Waals surface area (Å²) in [4.78, 5) is 5.04. The van der Waals surface area contributed by atoms with Gasteiger partial charge in [0, 0.05) is 31.4 Å². The molecule has 7 aromatic rings. The van der Waals surface area contributed by atoms with Crippen molar-refractivity contribution in [1.82, 2.24) is 9.55 Å². The van der Waals surface area contributed by atoms with Gasteiger partial charge in [-0.25, -0.2) is 4.98 Å². The van der Waals surface area contributed by atoms with Gasteiger partial charge in [0.1, 0.15) is 5.82 Å². The summed E-state index contributed by atoms with van der Waals surface area (Å²) < 4.78 is 4.86. The van der Waals surface area contributed by atoms with Gasteiger partial charge in [0.05, 0.1) is 10.7 Å². The Hall–Kier alpha value is -4.99. The van der Waals surface area contributed by atoms with Crippen LogP contribution in [0.4, 0.5) is 0 Å². The van der Waals surface area contributed by atoms with E-state index >= 15 is 0 Å². The van der Waals surface area contributed by atoms with E-state index in [1.807, 2.05) is 36.5 Å². The molecule has 0 amide bonds. The number of rotatable bonds is 5. The fourth-order valence-corrected chi connectivity index (χ4v) is 7.03. The van der Waals surface area contributed by atoms with Crippen molar-refractivity contribution >= 4 is 43.7 Å². The van der Waals surface area contributed by atoms with E-state index < -0.39 is 0 Å². The van der Waals surface area contributed by atoms with Gasteiger partial charge in [-0.1, -0.05) is 128 Å². The summed E-state index contributed by atoms with van der Waals surface area (Å²) in [5.74, 6) is 0.913. The van der Waals surface area contributed by atoms with Crippen molar-refractivity contribution in [2.75, 3.05) is 0 Å². The lowest BCUT2D eigenvalue weighted by Gasteiger charge is -2.10. The Morgan fingerprint density at radius 2 is 1.20 bits per heavy atom. The monoisotopic (exact) mass is 544 g/mol. The zero-order chi connectivity index (χ0) is 27.8. The number of benzene rings is 5. The Labute approximate surface area is 243 Å². The summed E-state index contributed by atoms with van der Waals surface area (Å²) >= 11 is 1.88. The Bertz CT molecular complexity index is 2150. The van der Waals surface area contributed by atoms with Gasteiger partial charge < -0.3 is 0 Å². The van der Waals surface area contributed by atoms with Crippen molar-refractivity contribution in [1.29, 1.82) is 0 Å². The van der Waals surface area contributed by atoms with E-state index in [-0.39, 0.29) is 0 Å². The second-order valence-electron chi connectivity index (χ2n) is 9.98. The highest BCUT2D eigenvalue weighted by Gasteiger charge is 2.15. The van der Waals surface area contributed by atoms with Crippen LogP contribution in [0.1, 0.15) is 6.92 Å². The van der Waals surface area contributed by atoms with Crippen molar-refractivity contribution in [3.63, 3.8) is 0 Å². The molecule has 0 spiro atoms. The Balaban J connectivity index is 1.37. The number of aromatic nitrogens is 2. The third-order valence-electron chi connectivity index (χ3n) is 7.57. The molecule has 0 bridgehead atoms. The Morgan fingerprint density at radius 3 is 1.78 bits per heavy atom. The number of fused-ring (bicyclic) bond motifs is 3.